The fraction of sp³-hybridized carbons (Fsp3) is 0.500. The number of nitrogens with zero attached hydrogens (tertiary/aromatic N) is 2. The van der Waals surface area contributed by atoms with E-state index in [2.05, 4.69) is 10.7 Å². The third-order valence-electron chi connectivity index (χ3n) is 5.04. The van der Waals surface area contributed by atoms with E-state index in [0.29, 0.717) is 29.4 Å². The van der Waals surface area contributed by atoms with Gasteiger partial charge in [-0.2, -0.15) is 5.01 Å². The fourth-order valence-corrected chi connectivity index (χ4v) is 3.19. The van der Waals surface area contributed by atoms with Crippen LogP contribution >= 0.6 is 0 Å². The third kappa shape index (κ3) is 4.88. The lowest BCUT2D eigenvalue weighted by molar-refractivity contribution is -0.146. The Bertz CT molecular complexity index is 812. The van der Waals surface area contributed by atoms with Gasteiger partial charge in [0.05, 0.1) is 26.7 Å². The molecule has 1 aliphatic heterocycles. The van der Waals surface area contributed by atoms with Crippen molar-refractivity contribution in [3.63, 3.8) is 0 Å². The number of rotatable bonds is 9. The van der Waals surface area contributed by atoms with Crippen molar-refractivity contribution in [1.82, 2.24) is 20.7 Å². The van der Waals surface area contributed by atoms with Gasteiger partial charge in [0, 0.05) is 6.54 Å². The van der Waals surface area contributed by atoms with Crippen LogP contribution in [0.3, 0.4) is 0 Å². The standard InChI is InChI=1S/C20H28N4O6/c1-6-23(11-13(2)17(26)30-5)12-16(25)22-24-18(27)20(3,21-19(24)28)14-7-9-15(29-4)10-8-14/h7-10,13H,6,11-12H2,1-5H3,(H,21,28)(H,22,25). The van der Waals surface area contributed by atoms with Crippen molar-refractivity contribution in [1.29, 1.82) is 0 Å². The van der Waals surface area contributed by atoms with Crippen molar-refractivity contribution in [2.45, 2.75) is 26.3 Å². The van der Waals surface area contributed by atoms with Crippen molar-refractivity contribution in [2.24, 2.45) is 5.92 Å². The first-order valence-electron chi connectivity index (χ1n) is 9.57. The lowest BCUT2D eigenvalue weighted by atomic mass is 9.92. The van der Waals surface area contributed by atoms with Gasteiger partial charge in [-0.05, 0) is 31.2 Å². The summed E-state index contributed by atoms with van der Waals surface area (Å²) in [7, 11) is 2.83. The zero-order valence-electron chi connectivity index (χ0n) is 17.9. The molecule has 0 aromatic heterocycles. The molecule has 4 amide bonds. The number of imide groups is 1. The lowest BCUT2D eigenvalue weighted by Crippen LogP contribution is -2.51. The van der Waals surface area contributed by atoms with Crippen LogP contribution in [-0.4, -0.2) is 67.6 Å². The van der Waals surface area contributed by atoms with Gasteiger partial charge < -0.3 is 14.8 Å². The number of hydrogen-bond acceptors (Lipinski definition) is 7. The summed E-state index contributed by atoms with van der Waals surface area (Å²) in [6.45, 7) is 5.82. The molecule has 2 rings (SSSR count). The van der Waals surface area contributed by atoms with Crippen LogP contribution in [0.15, 0.2) is 24.3 Å². The Morgan fingerprint density at radius 3 is 2.40 bits per heavy atom. The van der Waals surface area contributed by atoms with Crippen molar-refractivity contribution >= 4 is 23.8 Å². The van der Waals surface area contributed by atoms with Gasteiger partial charge in [-0.3, -0.25) is 24.7 Å². The van der Waals surface area contributed by atoms with Crippen LogP contribution < -0.4 is 15.5 Å². The molecule has 2 unspecified atom stereocenters. The molecule has 1 aromatic carbocycles. The van der Waals surface area contributed by atoms with Gasteiger partial charge in [0.2, 0.25) is 0 Å². The molecule has 1 fully saturated rings. The van der Waals surface area contributed by atoms with Crippen LogP contribution in [0.2, 0.25) is 0 Å². The highest BCUT2D eigenvalue weighted by molar-refractivity contribution is 6.08. The molecule has 2 atom stereocenters. The molecule has 10 nitrogen and oxygen atoms in total. The van der Waals surface area contributed by atoms with Crippen LogP contribution in [0.1, 0.15) is 26.3 Å². The number of amides is 4. The highest BCUT2D eigenvalue weighted by Gasteiger charge is 2.50. The number of carbonyl (C=O) groups is 4. The highest BCUT2D eigenvalue weighted by Crippen LogP contribution is 2.29. The molecule has 1 saturated heterocycles. The molecule has 164 valence electrons. The first-order chi connectivity index (χ1) is 14.2. The summed E-state index contributed by atoms with van der Waals surface area (Å²) in [6.07, 6.45) is 0. The number of benzene rings is 1. The average molecular weight is 420 g/mol. The number of hydrazine groups is 1. The highest BCUT2D eigenvalue weighted by atomic mass is 16.5. The second-order valence-electron chi connectivity index (χ2n) is 7.21. The number of methoxy groups -OCH3 is 2. The molecule has 0 aliphatic carbocycles. The quantitative estimate of drug-likeness (QED) is 0.444. The number of esters is 1. The minimum absolute atomic E-state index is 0.0891. The van der Waals surface area contributed by atoms with Gasteiger partial charge in [-0.1, -0.05) is 26.0 Å². The Hall–Kier alpha value is -3.14. The molecule has 0 spiro atoms. The number of carbonyl (C=O) groups excluding carboxylic acids is 4. The van der Waals surface area contributed by atoms with Crippen LogP contribution in [0.4, 0.5) is 4.79 Å². The molecule has 30 heavy (non-hydrogen) atoms. The first-order valence-corrected chi connectivity index (χ1v) is 9.57. The molecule has 0 saturated carbocycles. The van der Waals surface area contributed by atoms with E-state index in [-0.39, 0.29) is 12.5 Å². The monoisotopic (exact) mass is 420 g/mol. The summed E-state index contributed by atoms with van der Waals surface area (Å²) >= 11 is 0. The molecule has 1 aliphatic rings. The van der Waals surface area contributed by atoms with E-state index < -0.39 is 29.3 Å². The molecule has 1 heterocycles. The van der Waals surface area contributed by atoms with Gasteiger partial charge >= 0.3 is 12.0 Å². The lowest BCUT2D eigenvalue weighted by Gasteiger charge is -2.24. The maximum absolute atomic E-state index is 12.9. The van der Waals surface area contributed by atoms with E-state index in [1.807, 2.05) is 6.92 Å². The van der Waals surface area contributed by atoms with Gasteiger partial charge in [0.15, 0.2) is 0 Å². The Morgan fingerprint density at radius 1 is 1.23 bits per heavy atom. The smallest absolute Gasteiger partial charge is 0.344 e. The molecular formula is C20H28N4O6. The molecular weight excluding hydrogens is 392 g/mol. The van der Waals surface area contributed by atoms with Crippen molar-refractivity contribution in [2.75, 3.05) is 33.9 Å². The van der Waals surface area contributed by atoms with Gasteiger partial charge in [-0.25, -0.2) is 4.79 Å². The molecule has 10 heteroatoms. The predicted octanol–water partition coefficient (Wildman–Crippen LogP) is 0.624. The predicted molar refractivity (Wildman–Crippen MR) is 107 cm³/mol. The van der Waals surface area contributed by atoms with Crippen LogP contribution in [0.25, 0.3) is 0 Å². The van der Waals surface area contributed by atoms with Crippen molar-refractivity contribution in [3.05, 3.63) is 29.8 Å². The van der Waals surface area contributed by atoms with E-state index in [1.165, 1.54) is 14.2 Å². The summed E-state index contributed by atoms with van der Waals surface area (Å²) in [5, 5.41) is 3.30. The van der Waals surface area contributed by atoms with Crippen LogP contribution in [-0.2, 0) is 24.7 Å². The number of ether oxygens (including phenoxy) is 2. The van der Waals surface area contributed by atoms with Gasteiger partial charge in [0.25, 0.3) is 11.8 Å². The van der Waals surface area contributed by atoms with Crippen molar-refractivity contribution < 1.29 is 28.7 Å². The zero-order chi connectivity index (χ0) is 22.5. The summed E-state index contributed by atoms with van der Waals surface area (Å²) in [6, 6.07) is 5.99. The van der Waals surface area contributed by atoms with Crippen LogP contribution in [0.5, 0.6) is 5.75 Å². The van der Waals surface area contributed by atoms with Crippen molar-refractivity contribution in [3.8, 4) is 5.75 Å². The van der Waals surface area contributed by atoms with E-state index in [0.717, 1.165) is 0 Å². The summed E-state index contributed by atoms with van der Waals surface area (Å²) in [5.41, 5.74) is 1.59. The van der Waals surface area contributed by atoms with E-state index in [9.17, 15) is 19.2 Å². The Labute approximate surface area is 175 Å². The van der Waals surface area contributed by atoms with E-state index >= 15 is 0 Å². The van der Waals surface area contributed by atoms with Gasteiger partial charge in [-0.15, -0.1) is 0 Å². The average Bonchev–Trinajstić information content (AvgIpc) is 2.96. The number of nitrogens with one attached hydrogen (secondary N) is 2. The number of urea groups is 1. The topological polar surface area (TPSA) is 117 Å². The summed E-state index contributed by atoms with van der Waals surface area (Å²) in [4.78, 5) is 51.1. The molecule has 1 aromatic rings. The Balaban J connectivity index is 2.05. The number of likely N-dealkylation sites (N-methyl/N-ethyl adjacent to an activating group) is 1. The second-order valence-corrected chi connectivity index (χ2v) is 7.21. The Kier molecular flexibility index (Phi) is 7.38. The second kappa shape index (κ2) is 9.57. The third-order valence-corrected chi connectivity index (χ3v) is 5.04. The van der Waals surface area contributed by atoms with E-state index in [1.54, 1.807) is 43.0 Å². The maximum Gasteiger partial charge on any atom is 0.344 e. The summed E-state index contributed by atoms with van der Waals surface area (Å²) in [5.74, 6) is -1.32. The number of hydrogen-bond donors (Lipinski definition) is 2. The Morgan fingerprint density at radius 2 is 1.87 bits per heavy atom. The minimum atomic E-state index is -1.32. The van der Waals surface area contributed by atoms with Gasteiger partial charge in [0.1, 0.15) is 11.3 Å². The normalized spacial score (nSPS) is 19.5. The first kappa shape index (κ1) is 23.1. The fourth-order valence-electron chi connectivity index (χ4n) is 3.19. The van der Waals surface area contributed by atoms with E-state index in [4.69, 9.17) is 9.47 Å². The minimum Gasteiger partial charge on any atom is -0.497 e. The molecule has 2 N–H and O–H groups in total. The summed E-state index contributed by atoms with van der Waals surface area (Å²) < 4.78 is 9.81. The maximum atomic E-state index is 12.9. The SMILES string of the molecule is CCN(CC(=O)NN1C(=O)NC(C)(c2ccc(OC)cc2)C1=O)CC(C)C(=O)OC. The molecule has 0 radical (unpaired) electrons. The largest absolute Gasteiger partial charge is 0.497 e. The van der Waals surface area contributed by atoms with Crippen LogP contribution in [0, 0.1) is 5.92 Å². The molecule has 0 bridgehead atoms. The zero-order valence-corrected chi connectivity index (χ0v) is 17.9.